The largest absolute Gasteiger partial charge is 0.448 e. The highest BCUT2D eigenvalue weighted by atomic mass is 32.2. The van der Waals surface area contributed by atoms with Crippen molar-refractivity contribution < 1.29 is 65.0 Å². The number of furan rings is 2. The number of aliphatic hydroxyl groups is 2. The first-order valence-electron chi connectivity index (χ1n) is 9.21. The van der Waals surface area contributed by atoms with Crippen LogP contribution in [0.25, 0.3) is 11.2 Å². The Balaban J connectivity index is 1.78. The molecule has 0 radical (unpaired) electrons. The average molecular weight is 496 g/mol. The number of carbonyl (C=O) groups excluding carboxylic acids is 3. The van der Waals surface area contributed by atoms with Crippen molar-refractivity contribution in [1.82, 2.24) is 0 Å². The second kappa shape index (κ2) is 7.58. The number of benzene rings is 1. The Labute approximate surface area is 184 Å². The molecule has 3 N–H and O–H groups in total. The van der Waals surface area contributed by atoms with Crippen LogP contribution in [-0.4, -0.2) is 52.6 Å². The van der Waals surface area contributed by atoms with Gasteiger partial charge in [0.25, 0.3) is 6.29 Å². The van der Waals surface area contributed by atoms with Gasteiger partial charge in [0, 0.05) is 5.56 Å². The number of hydrogen-bond donors (Lipinski definition) is 3. The monoisotopic (exact) mass is 496 g/mol. The van der Waals surface area contributed by atoms with Crippen molar-refractivity contribution >= 4 is 39.2 Å². The molecule has 3 unspecified atom stereocenters. The molecular formula is C18H18F2O12S. The lowest BCUT2D eigenvalue weighted by Gasteiger charge is -2.23. The second-order valence-electron chi connectivity index (χ2n) is 7.94. The minimum Gasteiger partial charge on any atom is -0.448 e. The molecule has 3 atom stereocenters. The molecule has 1 aliphatic heterocycles. The first-order chi connectivity index (χ1) is 14.9. The van der Waals surface area contributed by atoms with E-state index in [4.69, 9.17) is 18.4 Å². The fourth-order valence-corrected chi connectivity index (χ4v) is 3.38. The molecule has 0 spiro atoms. The summed E-state index contributed by atoms with van der Waals surface area (Å²) in [4.78, 5) is 36.7. The highest BCUT2D eigenvalue weighted by molar-refractivity contribution is 7.86. The predicted molar refractivity (Wildman–Crippen MR) is 100 cm³/mol. The second-order valence-corrected chi connectivity index (χ2v) is 9.44. The van der Waals surface area contributed by atoms with Crippen molar-refractivity contribution in [3.05, 3.63) is 11.1 Å². The van der Waals surface area contributed by atoms with Crippen LogP contribution in [0.4, 0.5) is 8.78 Å². The number of hydrogen-bond acceptors (Lipinski definition) is 11. The van der Waals surface area contributed by atoms with Gasteiger partial charge in [-0.2, -0.15) is 17.2 Å². The number of aliphatic hydroxyl groups excluding tert-OH is 1. The third-order valence-corrected chi connectivity index (χ3v) is 5.98. The summed E-state index contributed by atoms with van der Waals surface area (Å²) in [6, 6.07) is 0. The summed E-state index contributed by atoms with van der Waals surface area (Å²) in [6.07, 6.45) is -3.54. The zero-order valence-corrected chi connectivity index (χ0v) is 18.2. The molecule has 3 heterocycles. The van der Waals surface area contributed by atoms with Crippen LogP contribution in [0.3, 0.4) is 0 Å². The molecule has 2 bridgehead atoms. The molecule has 12 nitrogen and oxygen atoms in total. The van der Waals surface area contributed by atoms with E-state index >= 15 is 0 Å². The SMILES string of the molecule is CC(C(=O)Oc1c2c3oc1c(C(C)(C)O)c3C(=O)O2)C(C)C(=O)OC(O)C(F)(F)S(=O)(=O)O. The zero-order chi connectivity index (χ0) is 25.3. The standard InChI is InChI=1S/C18H18F2O12S/c1-5(6(2)14(22)32-16(24)18(19,20)33(26,27)28)13(21)30-12-10-8(17(3,4)25)7-9(29-10)11(12)31-15(7)23/h5-6,16,24-25H,1-4H3,(H,26,27,28). The molecule has 0 aliphatic carbocycles. The minimum atomic E-state index is -6.10. The van der Waals surface area contributed by atoms with Crippen molar-refractivity contribution in [2.75, 3.05) is 0 Å². The molecule has 182 valence electrons. The van der Waals surface area contributed by atoms with Gasteiger partial charge in [0.2, 0.25) is 11.5 Å². The van der Waals surface area contributed by atoms with Crippen molar-refractivity contribution in [2.24, 2.45) is 11.8 Å². The van der Waals surface area contributed by atoms with E-state index in [-0.39, 0.29) is 33.8 Å². The van der Waals surface area contributed by atoms with Gasteiger partial charge in [-0.1, -0.05) is 13.8 Å². The Morgan fingerprint density at radius 1 is 1.09 bits per heavy atom. The Morgan fingerprint density at radius 3 is 2.15 bits per heavy atom. The Kier molecular flexibility index (Phi) is 5.69. The quantitative estimate of drug-likeness (QED) is 0.205. The van der Waals surface area contributed by atoms with Crippen LogP contribution in [0.2, 0.25) is 0 Å². The fourth-order valence-electron chi connectivity index (χ4n) is 3.08. The van der Waals surface area contributed by atoms with E-state index in [1.165, 1.54) is 13.8 Å². The molecule has 2 aromatic rings. The maximum atomic E-state index is 13.4. The number of esters is 3. The van der Waals surface area contributed by atoms with Crippen LogP contribution < -0.4 is 9.47 Å². The summed E-state index contributed by atoms with van der Waals surface area (Å²) in [5.74, 6) is -7.08. The third-order valence-electron chi connectivity index (χ3n) is 5.09. The van der Waals surface area contributed by atoms with Crippen molar-refractivity contribution in [3.8, 4) is 11.5 Å². The number of ether oxygens (including phenoxy) is 3. The van der Waals surface area contributed by atoms with Gasteiger partial charge in [-0.25, -0.2) is 4.79 Å². The van der Waals surface area contributed by atoms with Gasteiger partial charge in [-0.05, 0) is 13.8 Å². The highest BCUT2D eigenvalue weighted by Crippen LogP contribution is 2.54. The third kappa shape index (κ3) is 3.90. The van der Waals surface area contributed by atoms with Crippen molar-refractivity contribution in [1.29, 1.82) is 0 Å². The highest BCUT2D eigenvalue weighted by Gasteiger charge is 2.54. The minimum absolute atomic E-state index is 0.0160. The lowest BCUT2D eigenvalue weighted by Crippen LogP contribution is -2.45. The molecular weight excluding hydrogens is 478 g/mol. The molecule has 15 heteroatoms. The van der Waals surface area contributed by atoms with Crippen LogP contribution in [-0.2, 0) is 30.0 Å². The Bertz CT molecular complexity index is 1240. The van der Waals surface area contributed by atoms with Gasteiger partial charge in [0.15, 0.2) is 11.2 Å². The lowest BCUT2D eigenvalue weighted by atomic mass is 9.93. The van der Waals surface area contributed by atoms with Gasteiger partial charge in [0.1, 0.15) is 5.56 Å². The van der Waals surface area contributed by atoms with E-state index in [9.17, 15) is 41.8 Å². The molecule has 0 saturated heterocycles. The normalized spacial score (nSPS) is 17.1. The first-order valence-corrected chi connectivity index (χ1v) is 10.7. The maximum absolute atomic E-state index is 13.4. The molecule has 33 heavy (non-hydrogen) atoms. The van der Waals surface area contributed by atoms with E-state index in [1.54, 1.807) is 0 Å². The van der Waals surface area contributed by atoms with Crippen LogP contribution in [0.1, 0.15) is 43.6 Å². The Hall–Kier alpha value is -2.88. The van der Waals surface area contributed by atoms with Crippen LogP contribution >= 0.6 is 0 Å². The van der Waals surface area contributed by atoms with Gasteiger partial charge in [-0.15, -0.1) is 0 Å². The number of halogens is 2. The molecule has 0 aromatic carbocycles. The topological polar surface area (TPSA) is 187 Å². The first kappa shape index (κ1) is 24.8. The van der Waals surface area contributed by atoms with Crippen LogP contribution in [0, 0.1) is 11.8 Å². The predicted octanol–water partition coefficient (Wildman–Crippen LogP) is 1.15. The van der Waals surface area contributed by atoms with Crippen LogP contribution in [0.15, 0.2) is 4.42 Å². The van der Waals surface area contributed by atoms with Crippen molar-refractivity contribution in [3.63, 3.8) is 0 Å². The molecule has 2 aromatic heterocycles. The van der Waals surface area contributed by atoms with Crippen molar-refractivity contribution in [2.45, 2.75) is 44.8 Å². The molecule has 1 aliphatic rings. The number of rotatable bonds is 8. The van der Waals surface area contributed by atoms with Gasteiger partial charge in [-0.3, -0.25) is 14.1 Å². The molecule has 0 amide bonds. The average Bonchev–Trinajstić information content (AvgIpc) is 3.28. The van der Waals surface area contributed by atoms with Gasteiger partial charge < -0.3 is 28.8 Å². The fraction of sp³-hybridized carbons (Fsp3) is 0.500. The number of alkyl halides is 2. The van der Waals surface area contributed by atoms with E-state index in [0.717, 1.165) is 13.8 Å². The van der Waals surface area contributed by atoms with E-state index < -0.39 is 57.0 Å². The summed E-state index contributed by atoms with van der Waals surface area (Å²) in [6.45, 7) is 4.88. The maximum Gasteiger partial charge on any atom is 0.430 e. The number of carbonyl (C=O) groups is 3. The summed E-state index contributed by atoms with van der Waals surface area (Å²) >= 11 is 0. The molecule has 0 fully saturated rings. The molecule has 3 rings (SSSR count). The van der Waals surface area contributed by atoms with Crippen LogP contribution in [0.5, 0.6) is 11.5 Å². The van der Waals surface area contributed by atoms with Gasteiger partial charge >= 0.3 is 33.3 Å². The summed E-state index contributed by atoms with van der Waals surface area (Å²) in [5, 5.41) is 14.3. The van der Waals surface area contributed by atoms with Gasteiger partial charge in [0.05, 0.1) is 17.4 Å². The lowest BCUT2D eigenvalue weighted by molar-refractivity contribution is -0.210. The Morgan fingerprint density at radius 2 is 1.64 bits per heavy atom. The summed E-state index contributed by atoms with van der Waals surface area (Å²) in [7, 11) is -6.10. The smallest absolute Gasteiger partial charge is 0.430 e. The summed E-state index contributed by atoms with van der Waals surface area (Å²) in [5.41, 5.74) is -1.79. The van der Waals surface area contributed by atoms with E-state index in [0.29, 0.717) is 0 Å². The van der Waals surface area contributed by atoms with E-state index in [1.807, 2.05) is 0 Å². The number of fused-ring (bicyclic) bond motifs is 1. The summed E-state index contributed by atoms with van der Waals surface area (Å²) < 4.78 is 76.0. The van der Waals surface area contributed by atoms with E-state index in [2.05, 4.69) is 4.74 Å². The zero-order valence-electron chi connectivity index (χ0n) is 17.4. The molecule has 0 saturated carbocycles.